The molecule has 1 amide bonds. The molecule has 7 heteroatoms. The van der Waals surface area contributed by atoms with Gasteiger partial charge in [-0.05, 0) is 50.3 Å². The van der Waals surface area contributed by atoms with Crippen molar-refractivity contribution in [2.24, 2.45) is 0 Å². The third-order valence-corrected chi connectivity index (χ3v) is 6.04. The average Bonchev–Trinajstić information content (AvgIpc) is 3.12. The molecule has 148 valence electrons. The Hall–Kier alpha value is -2.15. The van der Waals surface area contributed by atoms with Crippen molar-refractivity contribution < 1.29 is 9.53 Å². The van der Waals surface area contributed by atoms with Crippen molar-refractivity contribution in [3.63, 3.8) is 0 Å². The van der Waals surface area contributed by atoms with E-state index in [1.807, 2.05) is 57.4 Å². The molecular weight excluding hydrogens is 394 g/mol. The molecule has 1 heterocycles. The van der Waals surface area contributed by atoms with E-state index in [1.165, 1.54) is 11.3 Å². The van der Waals surface area contributed by atoms with Crippen LogP contribution in [-0.4, -0.2) is 50.1 Å². The van der Waals surface area contributed by atoms with Gasteiger partial charge in [-0.25, -0.2) is 4.98 Å². The molecule has 0 aliphatic rings. The topological polar surface area (TPSA) is 45.7 Å². The maximum atomic E-state index is 13.1. The van der Waals surface area contributed by atoms with Crippen molar-refractivity contribution in [1.82, 2.24) is 9.88 Å². The number of anilines is 1. The van der Waals surface area contributed by atoms with Crippen molar-refractivity contribution in [3.05, 3.63) is 52.5 Å². The maximum absolute atomic E-state index is 13.1. The highest BCUT2D eigenvalue weighted by Gasteiger charge is 2.21. The second-order valence-corrected chi connectivity index (χ2v) is 8.30. The number of thiazole rings is 1. The molecule has 0 aliphatic heterocycles. The summed E-state index contributed by atoms with van der Waals surface area (Å²) >= 11 is 7.83. The van der Waals surface area contributed by atoms with Crippen LogP contribution in [0.4, 0.5) is 5.13 Å². The molecule has 0 bridgehead atoms. The number of carbonyl (C=O) groups is 1. The minimum absolute atomic E-state index is 0.0137. The number of benzene rings is 2. The first-order chi connectivity index (χ1) is 13.4. The fraction of sp³-hybridized carbons (Fsp3) is 0.333. The molecule has 0 saturated heterocycles. The van der Waals surface area contributed by atoms with E-state index in [0.29, 0.717) is 23.1 Å². The van der Waals surface area contributed by atoms with E-state index in [1.54, 1.807) is 12.0 Å². The van der Waals surface area contributed by atoms with E-state index < -0.39 is 0 Å². The van der Waals surface area contributed by atoms with Gasteiger partial charge < -0.3 is 9.64 Å². The second kappa shape index (κ2) is 8.90. The van der Waals surface area contributed by atoms with Gasteiger partial charge >= 0.3 is 0 Å². The molecule has 2 aromatic carbocycles. The number of halogens is 1. The molecule has 0 spiro atoms. The first-order valence-corrected chi connectivity index (χ1v) is 10.2. The van der Waals surface area contributed by atoms with Crippen LogP contribution in [0.25, 0.3) is 10.2 Å². The summed E-state index contributed by atoms with van der Waals surface area (Å²) in [6, 6.07) is 11.4. The van der Waals surface area contributed by atoms with Crippen LogP contribution in [0.2, 0.25) is 5.02 Å². The highest BCUT2D eigenvalue weighted by atomic mass is 35.5. The van der Waals surface area contributed by atoms with Crippen LogP contribution in [-0.2, 0) is 11.2 Å². The number of carbonyl (C=O) groups excluding carboxylic acids is 1. The lowest BCUT2D eigenvalue weighted by Gasteiger charge is -2.22. The summed E-state index contributed by atoms with van der Waals surface area (Å²) in [4.78, 5) is 21.7. The maximum Gasteiger partial charge on any atom is 0.233 e. The molecule has 3 aromatic rings. The predicted molar refractivity (Wildman–Crippen MR) is 117 cm³/mol. The van der Waals surface area contributed by atoms with E-state index in [-0.39, 0.29) is 5.91 Å². The van der Waals surface area contributed by atoms with Crippen LogP contribution < -0.4 is 9.64 Å². The number of aromatic nitrogens is 1. The number of ether oxygens (including phenoxy) is 1. The molecule has 0 atom stereocenters. The molecule has 0 aliphatic carbocycles. The third kappa shape index (κ3) is 4.63. The Kier molecular flexibility index (Phi) is 6.54. The first kappa shape index (κ1) is 20.6. The number of rotatable bonds is 7. The number of nitrogens with zero attached hydrogens (tertiary/aromatic N) is 3. The van der Waals surface area contributed by atoms with E-state index >= 15 is 0 Å². The zero-order valence-electron chi connectivity index (χ0n) is 16.5. The third-order valence-electron chi connectivity index (χ3n) is 4.50. The molecule has 5 nitrogen and oxygen atoms in total. The Morgan fingerprint density at radius 1 is 1.14 bits per heavy atom. The van der Waals surface area contributed by atoms with Crippen LogP contribution in [0, 0.1) is 6.92 Å². The highest BCUT2D eigenvalue weighted by molar-refractivity contribution is 7.23. The van der Waals surface area contributed by atoms with Crippen molar-refractivity contribution in [1.29, 1.82) is 0 Å². The van der Waals surface area contributed by atoms with Crippen molar-refractivity contribution in [2.75, 3.05) is 39.2 Å². The molecular formula is C21H24ClN3O2S. The fourth-order valence-corrected chi connectivity index (χ4v) is 4.21. The van der Waals surface area contributed by atoms with Gasteiger partial charge in [0.25, 0.3) is 0 Å². The Bertz CT molecular complexity index is 931. The van der Waals surface area contributed by atoms with Gasteiger partial charge in [-0.1, -0.05) is 41.1 Å². The minimum Gasteiger partial charge on any atom is -0.497 e. The molecule has 0 fully saturated rings. The van der Waals surface area contributed by atoms with E-state index in [2.05, 4.69) is 4.90 Å². The van der Waals surface area contributed by atoms with E-state index in [9.17, 15) is 4.79 Å². The summed E-state index contributed by atoms with van der Waals surface area (Å²) in [5, 5.41) is 1.35. The summed E-state index contributed by atoms with van der Waals surface area (Å²) < 4.78 is 6.11. The molecule has 0 radical (unpaired) electrons. The molecule has 0 saturated carbocycles. The Morgan fingerprint density at radius 2 is 1.86 bits per heavy atom. The van der Waals surface area contributed by atoms with Crippen molar-refractivity contribution in [2.45, 2.75) is 13.3 Å². The summed E-state index contributed by atoms with van der Waals surface area (Å²) in [5.74, 6) is 0.789. The van der Waals surface area contributed by atoms with Crippen molar-refractivity contribution in [3.8, 4) is 5.75 Å². The zero-order chi connectivity index (χ0) is 20.3. The smallest absolute Gasteiger partial charge is 0.233 e. The number of hydrogen-bond acceptors (Lipinski definition) is 5. The van der Waals surface area contributed by atoms with Gasteiger partial charge in [0, 0.05) is 13.1 Å². The van der Waals surface area contributed by atoms with E-state index in [0.717, 1.165) is 33.6 Å². The fourth-order valence-electron chi connectivity index (χ4n) is 2.85. The van der Waals surface area contributed by atoms with Crippen LogP contribution in [0.1, 0.15) is 11.1 Å². The zero-order valence-corrected chi connectivity index (χ0v) is 18.1. The number of aryl methyl sites for hydroxylation is 1. The van der Waals surface area contributed by atoms with Crippen LogP contribution in [0.15, 0.2) is 36.4 Å². The lowest BCUT2D eigenvalue weighted by molar-refractivity contribution is -0.118. The van der Waals surface area contributed by atoms with Gasteiger partial charge in [0.15, 0.2) is 5.13 Å². The average molecular weight is 418 g/mol. The molecule has 0 unspecified atom stereocenters. The van der Waals surface area contributed by atoms with Gasteiger partial charge in [0.1, 0.15) is 5.75 Å². The van der Waals surface area contributed by atoms with Gasteiger partial charge in [0.2, 0.25) is 5.91 Å². The summed E-state index contributed by atoms with van der Waals surface area (Å²) in [5.41, 5.74) is 2.85. The summed E-state index contributed by atoms with van der Waals surface area (Å²) in [6.45, 7) is 3.32. The molecule has 1 aromatic heterocycles. The normalized spacial score (nSPS) is 11.2. The summed E-state index contributed by atoms with van der Waals surface area (Å²) in [6.07, 6.45) is 0.306. The number of amides is 1. The Morgan fingerprint density at radius 3 is 2.46 bits per heavy atom. The van der Waals surface area contributed by atoms with Crippen LogP contribution in [0.3, 0.4) is 0 Å². The summed E-state index contributed by atoms with van der Waals surface area (Å²) in [7, 11) is 5.61. The monoisotopic (exact) mass is 417 g/mol. The SMILES string of the molecule is COc1ccc(CC(=O)N(CCN(C)C)c2nc3c(C)ccc(Cl)c3s2)cc1. The predicted octanol–water partition coefficient (Wildman–Crippen LogP) is 4.40. The van der Waals surface area contributed by atoms with Gasteiger partial charge in [-0.2, -0.15) is 0 Å². The number of likely N-dealkylation sites (N-methyl/N-ethyl adjacent to an activating group) is 1. The molecule has 3 rings (SSSR count). The lowest BCUT2D eigenvalue weighted by Crippen LogP contribution is -2.37. The van der Waals surface area contributed by atoms with Crippen LogP contribution in [0.5, 0.6) is 5.75 Å². The quantitative estimate of drug-likeness (QED) is 0.571. The number of methoxy groups -OCH3 is 1. The molecule has 28 heavy (non-hydrogen) atoms. The minimum atomic E-state index is 0.0137. The van der Waals surface area contributed by atoms with Gasteiger partial charge in [-0.3, -0.25) is 9.69 Å². The Labute approximate surface area is 174 Å². The van der Waals surface area contributed by atoms with Crippen molar-refractivity contribution >= 4 is 44.2 Å². The highest BCUT2D eigenvalue weighted by Crippen LogP contribution is 2.35. The molecule has 0 N–H and O–H groups in total. The largest absolute Gasteiger partial charge is 0.497 e. The lowest BCUT2D eigenvalue weighted by atomic mass is 10.1. The van der Waals surface area contributed by atoms with E-state index in [4.69, 9.17) is 21.3 Å². The number of fused-ring (bicyclic) bond motifs is 1. The Balaban J connectivity index is 1.90. The standard InChI is InChI=1S/C21H24ClN3O2S/c1-14-5-10-17(22)20-19(14)23-21(28-20)25(12-11-24(2)3)18(26)13-15-6-8-16(27-4)9-7-15/h5-10H,11-13H2,1-4H3. The van der Waals surface area contributed by atoms with Gasteiger partial charge in [0.05, 0.1) is 28.8 Å². The number of hydrogen-bond donors (Lipinski definition) is 0. The van der Waals surface area contributed by atoms with Gasteiger partial charge in [-0.15, -0.1) is 0 Å². The first-order valence-electron chi connectivity index (χ1n) is 9.02. The van der Waals surface area contributed by atoms with Crippen LogP contribution >= 0.6 is 22.9 Å². The second-order valence-electron chi connectivity index (χ2n) is 6.91.